The van der Waals surface area contributed by atoms with Crippen molar-refractivity contribution in [3.05, 3.63) is 64.6 Å². The lowest BCUT2D eigenvalue weighted by atomic mass is 10.0. The zero-order valence-corrected chi connectivity index (χ0v) is 19.5. The first-order valence-corrected chi connectivity index (χ1v) is 12.4. The normalized spacial score (nSPS) is 17.8. The Bertz CT molecular complexity index is 936. The van der Waals surface area contributed by atoms with Gasteiger partial charge >= 0.3 is 0 Å². The van der Waals surface area contributed by atoms with E-state index in [0.717, 1.165) is 41.1 Å². The lowest BCUT2D eigenvalue weighted by Crippen LogP contribution is -2.48. The largest absolute Gasteiger partial charge is 0.353 e. The topological polar surface area (TPSA) is 69.7 Å². The summed E-state index contributed by atoms with van der Waals surface area (Å²) in [6.07, 6.45) is 3.33. The molecule has 0 bridgehead atoms. The molecular weight excluding hydrogens is 466 g/mol. The van der Waals surface area contributed by atoms with Crippen molar-refractivity contribution in [3.8, 4) is 0 Å². The molecule has 1 aliphatic rings. The standard InChI is InChI=1S/C22H28BrN3O3S/c1-25(30(28,29)21-12-10-19(23)11-13-21)17-22(27)24-15-20-9-5-6-14-26(20)16-18-7-3-2-4-8-18/h2-4,7-8,10-13,20H,5-6,9,14-17H2,1H3,(H,24,27). The fourth-order valence-corrected chi connectivity index (χ4v) is 5.07. The van der Waals surface area contributed by atoms with Gasteiger partial charge in [-0.25, -0.2) is 8.42 Å². The van der Waals surface area contributed by atoms with Gasteiger partial charge in [-0.15, -0.1) is 0 Å². The van der Waals surface area contributed by atoms with Gasteiger partial charge < -0.3 is 5.32 Å². The summed E-state index contributed by atoms with van der Waals surface area (Å²) in [5, 5.41) is 2.94. The van der Waals surface area contributed by atoms with Crippen molar-refractivity contribution in [2.24, 2.45) is 0 Å². The van der Waals surface area contributed by atoms with Crippen LogP contribution >= 0.6 is 15.9 Å². The predicted octanol–water partition coefficient (Wildman–Crippen LogP) is 3.24. The van der Waals surface area contributed by atoms with E-state index in [-0.39, 0.29) is 23.4 Å². The fraction of sp³-hybridized carbons (Fsp3) is 0.409. The number of nitrogens with one attached hydrogen (secondary N) is 1. The van der Waals surface area contributed by atoms with Crippen molar-refractivity contribution in [1.29, 1.82) is 0 Å². The van der Waals surface area contributed by atoms with Crippen LogP contribution in [0.15, 0.2) is 64.0 Å². The van der Waals surface area contributed by atoms with Crippen LogP contribution in [0.4, 0.5) is 0 Å². The van der Waals surface area contributed by atoms with Gasteiger partial charge in [-0.05, 0) is 49.2 Å². The zero-order valence-electron chi connectivity index (χ0n) is 17.1. The van der Waals surface area contributed by atoms with E-state index in [2.05, 4.69) is 38.3 Å². The highest BCUT2D eigenvalue weighted by Crippen LogP contribution is 2.20. The third-order valence-corrected chi connectivity index (χ3v) is 7.75. The molecule has 1 fully saturated rings. The zero-order chi connectivity index (χ0) is 21.6. The van der Waals surface area contributed by atoms with E-state index in [9.17, 15) is 13.2 Å². The van der Waals surface area contributed by atoms with Gasteiger partial charge in [0.15, 0.2) is 0 Å². The Hall–Kier alpha value is -1.74. The summed E-state index contributed by atoms with van der Waals surface area (Å²) in [5.41, 5.74) is 1.26. The molecule has 0 aliphatic carbocycles. The van der Waals surface area contributed by atoms with Crippen molar-refractivity contribution >= 4 is 31.9 Å². The summed E-state index contributed by atoms with van der Waals surface area (Å²) in [6, 6.07) is 17.0. The Kier molecular flexibility index (Phi) is 8.05. The minimum atomic E-state index is -3.70. The van der Waals surface area contributed by atoms with Crippen LogP contribution in [0, 0.1) is 0 Å². The number of hydrogen-bond donors (Lipinski definition) is 1. The summed E-state index contributed by atoms with van der Waals surface area (Å²) in [4.78, 5) is 15.0. The molecule has 1 aliphatic heterocycles. The molecule has 1 atom stereocenters. The van der Waals surface area contributed by atoms with Crippen LogP contribution in [0.25, 0.3) is 0 Å². The maximum atomic E-state index is 12.7. The molecule has 0 aromatic heterocycles. The number of amides is 1. The van der Waals surface area contributed by atoms with Gasteiger partial charge in [0.05, 0.1) is 11.4 Å². The maximum absolute atomic E-state index is 12.7. The minimum absolute atomic E-state index is 0.169. The van der Waals surface area contributed by atoms with Crippen LogP contribution in [0.1, 0.15) is 24.8 Å². The number of carbonyl (C=O) groups is 1. The Morgan fingerprint density at radius 1 is 1.13 bits per heavy atom. The molecule has 2 aromatic rings. The average Bonchev–Trinajstić information content (AvgIpc) is 2.74. The quantitative estimate of drug-likeness (QED) is 0.612. The van der Waals surface area contributed by atoms with Gasteiger partial charge in [0.25, 0.3) is 0 Å². The fourth-order valence-electron chi connectivity index (χ4n) is 3.68. The Morgan fingerprint density at radius 3 is 2.53 bits per heavy atom. The number of likely N-dealkylation sites (N-methyl/N-ethyl adjacent to an activating group) is 1. The SMILES string of the molecule is CN(CC(=O)NCC1CCCCN1Cc1ccccc1)S(=O)(=O)c1ccc(Br)cc1. The van der Waals surface area contributed by atoms with Crippen LogP contribution < -0.4 is 5.32 Å². The van der Waals surface area contributed by atoms with Gasteiger partial charge in [0.2, 0.25) is 15.9 Å². The average molecular weight is 494 g/mol. The Labute approximate surface area is 187 Å². The van der Waals surface area contributed by atoms with Crippen molar-refractivity contribution < 1.29 is 13.2 Å². The molecule has 8 heteroatoms. The number of rotatable bonds is 8. The highest BCUT2D eigenvalue weighted by molar-refractivity contribution is 9.10. The molecule has 1 amide bonds. The van der Waals surface area contributed by atoms with Gasteiger partial charge in [-0.2, -0.15) is 4.31 Å². The van der Waals surface area contributed by atoms with E-state index in [1.54, 1.807) is 12.1 Å². The highest BCUT2D eigenvalue weighted by atomic mass is 79.9. The molecule has 0 spiro atoms. The van der Waals surface area contributed by atoms with Crippen molar-refractivity contribution in [2.75, 3.05) is 26.7 Å². The van der Waals surface area contributed by atoms with Crippen LogP contribution in [0.2, 0.25) is 0 Å². The lowest BCUT2D eigenvalue weighted by Gasteiger charge is -2.36. The van der Waals surface area contributed by atoms with Crippen LogP contribution in [0.5, 0.6) is 0 Å². The second kappa shape index (κ2) is 10.5. The smallest absolute Gasteiger partial charge is 0.243 e. The van der Waals surface area contributed by atoms with Crippen molar-refractivity contribution in [3.63, 3.8) is 0 Å². The van der Waals surface area contributed by atoms with Gasteiger partial charge in [0.1, 0.15) is 0 Å². The molecule has 0 saturated carbocycles. The van der Waals surface area contributed by atoms with Crippen molar-refractivity contribution in [2.45, 2.75) is 36.7 Å². The number of hydrogen-bond acceptors (Lipinski definition) is 4. The number of benzene rings is 2. The van der Waals surface area contributed by atoms with E-state index >= 15 is 0 Å². The second-order valence-electron chi connectivity index (χ2n) is 7.62. The molecule has 30 heavy (non-hydrogen) atoms. The van der Waals surface area contributed by atoms with Crippen LogP contribution in [0.3, 0.4) is 0 Å². The molecular formula is C22H28BrN3O3S. The van der Waals surface area contributed by atoms with E-state index in [1.165, 1.54) is 24.7 Å². The van der Waals surface area contributed by atoms with Gasteiger partial charge in [-0.1, -0.05) is 52.7 Å². The summed E-state index contributed by atoms with van der Waals surface area (Å²) < 4.78 is 27.2. The van der Waals surface area contributed by atoms with E-state index in [4.69, 9.17) is 0 Å². The van der Waals surface area contributed by atoms with E-state index in [1.807, 2.05) is 18.2 Å². The molecule has 1 heterocycles. The number of carbonyl (C=O) groups excluding carboxylic acids is 1. The molecule has 0 radical (unpaired) electrons. The molecule has 162 valence electrons. The number of sulfonamides is 1. The van der Waals surface area contributed by atoms with Crippen LogP contribution in [-0.2, 0) is 21.4 Å². The number of likely N-dealkylation sites (tertiary alicyclic amines) is 1. The minimum Gasteiger partial charge on any atom is -0.353 e. The Morgan fingerprint density at radius 2 is 1.83 bits per heavy atom. The van der Waals surface area contributed by atoms with Crippen LogP contribution in [-0.4, -0.2) is 56.3 Å². The Balaban J connectivity index is 1.54. The molecule has 1 unspecified atom stereocenters. The maximum Gasteiger partial charge on any atom is 0.243 e. The summed E-state index contributed by atoms with van der Waals surface area (Å²) in [5.74, 6) is -0.288. The molecule has 2 aromatic carbocycles. The number of piperidine rings is 1. The number of halogens is 1. The number of nitrogens with zero attached hydrogens (tertiary/aromatic N) is 2. The van der Waals surface area contributed by atoms with E-state index < -0.39 is 10.0 Å². The van der Waals surface area contributed by atoms with Gasteiger partial charge in [-0.3, -0.25) is 9.69 Å². The summed E-state index contributed by atoms with van der Waals surface area (Å²) in [7, 11) is -2.27. The predicted molar refractivity (Wildman–Crippen MR) is 121 cm³/mol. The van der Waals surface area contributed by atoms with Crippen molar-refractivity contribution in [1.82, 2.24) is 14.5 Å². The first-order valence-electron chi connectivity index (χ1n) is 10.1. The third kappa shape index (κ3) is 6.14. The first kappa shape index (κ1) is 22.9. The molecule has 1 saturated heterocycles. The first-order chi connectivity index (χ1) is 14.4. The van der Waals surface area contributed by atoms with Gasteiger partial charge in [0, 0.05) is 30.7 Å². The third-order valence-electron chi connectivity index (χ3n) is 5.40. The monoisotopic (exact) mass is 493 g/mol. The molecule has 6 nitrogen and oxygen atoms in total. The van der Waals surface area contributed by atoms with E-state index in [0.29, 0.717) is 6.54 Å². The summed E-state index contributed by atoms with van der Waals surface area (Å²) >= 11 is 3.30. The second-order valence-corrected chi connectivity index (χ2v) is 10.6. The lowest BCUT2D eigenvalue weighted by molar-refractivity contribution is -0.121. The molecule has 1 N–H and O–H groups in total. The summed E-state index contributed by atoms with van der Waals surface area (Å²) in [6.45, 7) is 2.19. The molecule has 3 rings (SSSR count). The highest BCUT2D eigenvalue weighted by Gasteiger charge is 2.25.